The van der Waals surface area contributed by atoms with Gasteiger partial charge in [0.25, 0.3) is 0 Å². The number of hydrogen-bond acceptors (Lipinski definition) is 2. The van der Waals surface area contributed by atoms with Gasteiger partial charge in [0, 0.05) is 6.04 Å². The van der Waals surface area contributed by atoms with Gasteiger partial charge in [-0.1, -0.05) is 19.3 Å². The van der Waals surface area contributed by atoms with E-state index < -0.39 is 0 Å². The van der Waals surface area contributed by atoms with Crippen LogP contribution in [0.2, 0.25) is 0 Å². The molecule has 3 heteroatoms. The van der Waals surface area contributed by atoms with E-state index >= 15 is 0 Å². The normalized spacial score (nSPS) is 18.2. The van der Waals surface area contributed by atoms with E-state index in [0.717, 1.165) is 11.1 Å². The Morgan fingerprint density at radius 2 is 1.61 bits per heavy atom. The first-order valence-corrected chi connectivity index (χ1v) is 6.65. The van der Waals surface area contributed by atoms with Gasteiger partial charge in [0.2, 0.25) is 0 Å². The number of rotatable bonds is 2. The van der Waals surface area contributed by atoms with Crippen LogP contribution in [0.1, 0.15) is 54.8 Å². The smallest absolute Gasteiger partial charge is 0.116 e. The molecule has 3 N–H and O–H groups in total. The fourth-order valence-electron chi connectivity index (χ4n) is 3.21. The second kappa shape index (κ2) is 6.44. The molecule has 0 bridgehead atoms. The molecular formula is C15H24ClNO. The van der Waals surface area contributed by atoms with Crippen LogP contribution in [0.3, 0.4) is 0 Å². The van der Waals surface area contributed by atoms with Gasteiger partial charge in [-0.15, -0.1) is 12.4 Å². The molecule has 0 radical (unpaired) electrons. The molecule has 1 aliphatic rings. The topological polar surface area (TPSA) is 46.2 Å². The van der Waals surface area contributed by atoms with Crippen molar-refractivity contribution in [2.75, 3.05) is 0 Å². The summed E-state index contributed by atoms with van der Waals surface area (Å²) in [6.45, 7) is 4.09. The molecule has 0 aliphatic heterocycles. The van der Waals surface area contributed by atoms with Gasteiger partial charge in [-0.25, -0.2) is 0 Å². The first-order chi connectivity index (χ1) is 8.09. The van der Waals surface area contributed by atoms with Crippen LogP contribution in [0.4, 0.5) is 0 Å². The van der Waals surface area contributed by atoms with Crippen molar-refractivity contribution in [1.29, 1.82) is 0 Å². The molecule has 0 unspecified atom stereocenters. The Bertz CT molecular complexity index is 376. The fourth-order valence-corrected chi connectivity index (χ4v) is 3.21. The van der Waals surface area contributed by atoms with Crippen molar-refractivity contribution in [3.8, 4) is 5.75 Å². The van der Waals surface area contributed by atoms with Crippen LogP contribution in [0, 0.1) is 19.8 Å². The molecule has 0 heterocycles. The summed E-state index contributed by atoms with van der Waals surface area (Å²) in [6.07, 6.45) is 6.49. The number of aryl methyl sites for hydroxylation is 2. The molecule has 1 aromatic carbocycles. The lowest BCUT2D eigenvalue weighted by Gasteiger charge is -2.29. The number of aromatic hydroxyl groups is 1. The standard InChI is InChI=1S/C15H23NO.ClH/c1-10-8-13(17)9-11(2)14(10)15(16)12-6-4-3-5-7-12;/h8-9,12,15,17H,3-7,16H2,1-2H3;1H/t15-;/m1./s1. The zero-order valence-electron chi connectivity index (χ0n) is 11.3. The number of phenolic OH excluding ortho intramolecular Hbond substituents is 1. The molecule has 0 aromatic heterocycles. The lowest BCUT2D eigenvalue weighted by molar-refractivity contribution is 0.307. The van der Waals surface area contributed by atoms with E-state index in [-0.39, 0.29) is 18.4 Å². The Kier molecular flexibility index (Phi) is 5.48. The Balaban J connectivity index is 0.00000162. The monoisotopic (exact) mass is 269 g/mol. The second-order valence-corrected chi connectivity index (χ2v) is 5.42. The maximum Gasteiger partial charge on any atom is 0.116 e. The van der Waals surface area contributed by atoms with Gasteiger partial charge in [0.1, 0.15) is 5.75 Å². The van der Waals surface area contributed by atoms with Crippen molar-refractivity contribution in [2.24, 2.45) is 11.7 Å². The van der Waals surface area contributed by atoms with Crippen LogP contribution in [0.5, 0.6) is 5.75 Å². The van der Waals surface area contributed by atoms with E-state index in [4.69, 9.17) is 5.73 Å². The van der Waals surface area contributed by atoms with E-state index in [1.807, 2.05) is 26.0 Å². The third-order valence-corrected chi connectivity index (χ3v) is 4.07. The molecule has 1 aromatic rings. The second-order valence-electron chi connectivity index (χ2n) is 5.42. The number of hydrogen-bond donors (Lipinski definition) is 2. The summed E-state index contributed by atoms with van der Waals surface area (Å²) in [6, 6.07) is 3.78. The summed E-state index contributed by atoms with van der Waals surface area (Å²) < 4.78 is 0. The molecule has 1 atom stereocenters. The van der Waals surface area contributed by atoms with E-state index in [0.29, 0.717) is 11.7 Å². The van der Waals surface area contributed by atoms with Crippen molar-refractivity contribution < 1.29 is 5.11 Å². The highest BCUT2D eigenvalue weighted by Crippen LogP contribution is 2.36. The minimum atomic E-state index is 0. The van der Waals surface area contributed by atoms with Crippen molar-refractivity contribution in [3.05, 3.63) is 28.8 Å². The summed E-state index contributed by atoms with van der Waals surface area (Å²) >= 11 is 0. The minimum Gasteiger partial charge on any atom is -0.508 e. The van der Waals surface area contributed by atoms with Crippen molar-refractivity contribution in [2.45, 2.75) is 52.0 Å². The zero-order chi connectivity index (χ0) is 12.4. The molecule has 1 fully saturated rings. The highest BCUT2D eigenvalue weighted by molar-refractivity contribution is 5.85. The van der Waals surface area contributed by atoms with E-state index in [9.17, 15) is 5.11 Å². The average Bonchev–Trinajstić information content (AvgIpc) is 2.28. The largest absolute Gasteiger partial charge is 0.508 e. The molecule has 0 spiro atoms. The van der Waals surface area contributed by atoms with Gasteiger partial charge < -0.3 is 10.8 Å². The van der Waals surface area contributed by atoms with Crippen molar-refractivity contribution >= 4 is 12.4 Å². The molecule has 2 rings (SSSR count). The lowest BCUT2D eigenvalue weighted by atomic mass is 9.79. The van der Waals surface area contributed by atoms with Gasteiger partial charge in [0.05, 0.1) is 0 Å². The highest BCUT2D eigenvalue weighted by atomic mass is 35.5. The Labute approximate surface area is 116 Å². The van der Waals surface area contributed by atoms with Crippen LogP contribution in [-0.4, -0.2) is 5.11 Å². The maximum absolute atomic E-state index is 9.57. The number of nitrogens with two attached hydrogens (primary N) is 1. The predicted molar refractivity (Wildman–Crippen MR) is 78.3 cm³/mol. The van der Waals surface area contributed by atoms with Crippen LogP contribution in [0.15, 0.2) is 12.1 Å². The summed E-state index contributed by atoms with van der Waals surface area (Å²) in [7, 11) is 0. The van der Waals surface area contributed by atoms with Gasteiger partial charge >= 0.3 is 0 Å². The molecule has 102 valence electrons. The average molecular weight is 270 g/mol. The maximum atomic E-state index is 9.57. The summed E-state index contributed by atoms with van der Waals surface area (Å²) in [5.41, 5.74) is 9.94. The van der Waals surface area contributed by atoms with Gasteiger partial charge in [-0.2, -0.15) is 0 Å². The van der Waals surface area contributed by atoms with Crippen LogP contribution >= 0.6 is 12.4 Å². The van der Waals surface area contributed by atoms with Gasteiger partial charge in [-0.05, 0) is 61.4 Å². The molecule has 1 saturated carbocycles. The zero-order valence-corrected chi connectivity index (χ0v) is 12.1. The fraction of sp³-hybridized carbons (Fsp3) is 0.600. The van der Waals surface area contributed by atoms with Crippen molar-refractivity contribution in [1.82, 2.24) is 0 Å². The first kappa shape index (κ1) is 15.3. The number of halogens is 1. The Morgan fingerprint density at radius 3 is 2.11 bits per heavy atom. The highest BCUT2D eigenvalue weighted by Gasteiger charge is 2.24. The minimum absolute atomic E-state index is 0. The lowest BCUT2D eigenvalue weighted by Crippen LogP contribution is -2.25. The van der Waals surface area contributed by atoms with E-state index in [2.05, 4.69) is 0 Å². The SMILES string of the molecule is Cc1cc(O)cc(C)c1[C@H](N)C1CCCCC1.Cl. The molecule has 1 aliphatic carbocycles. The van der Waals surface area contributed by atoms with E-state index in [1.54, 1.807) is 0 Å². The van der Waals surface area contributed by atoms with Crippen molar-refractivity contribution in [3.63, 3.8) is 0 Å². The summed E-state index contributed by atoms with van der Waals surface area (Å²) in [4.78, 5) is 0. The molecule has 2 nitrogen and oxygen atoms in total. The van der Waals surface area contributed by atoms with Gasteiger partial charge in [-0.3, -0.25) is 0 Å². The first-order valence-electron chi connectivity index (χ1n) is 6.65. The third-order valence-electron chi connectivity index (χ3n) is 4.07. The van der Waals surface area contributed by atoms with Gasteiger partial charge in [0.15, 0.2) is 0 Å². The molecule has 0 saturated heterocycles. The molecule has 0 amide bonds. The van der Waals surface area contributed by atoms with Crippen LogP contribution < -0.4 is 5.73 Å². The quantitative estimate of drug-likeness (QED) is 0.852. The number of benzene rings is 1. The third kappa shape index (κ3) is 3.18. The van der Waals surface area contributed by atoms with E-state index in [1.165, 1.54) is 37.7 Å². The van der Waals surface area contributed by atoms with Crippen LogP contribution in [0.25, 0.3) is 0 Å². The Morgan fingerprint density at radius 1 is 1.11 bits per heavy atom. The molecular weight excluding hydrogens is 246 g/mol. The molecule has 18 heavy (non-hydrogen) atoms. The Hall–Kier alpha value is -0.730. The summed E-state index contributed by atoms with van der Waals surface area (Å²) in [5, 5.41) is 9.57. The van der Waals surface area contributed by atoms with Crippen LogP contribution in [-0.2, 0) is 0 Å². The predicted octanol–water partition coefficient (Wildman–Crippen LogP) is 4.01. The number of phenols is 1. The summed E-state index contributed by atoms with van der Waals surface area (Å²) in [5.74, 6) is 0.963.